The first-order chi connectivity index (χ1) is 12.5. The smallest absolute Gasteiger partial charge is 0.245 e. The van der Waals surface area contributed by atoms with Crippen molar-refractivity contribution in [3.05, 3.63) is 51.4 Å². The van der Waals surface area contributed by atoms with E-state index in [-0.39, 0.29) is 18.1 Å². The fourth-order valence-corrected chi connectivity index (χ4v) is 3.52. The predicted molar refractivity (Wildman–Crippen MR) is 97.9 cm³/mol. The highest BCUT2D eigenvalue weighted by Gasteiger charge is 2.31. The van der Waals surface area contributed by atoms with Gasteiger partial charge in [0.2, 0.25) is 17.7 Å². The molecular weight excluding hydrogens is 401 g/mol. The lowest BCUT2D eigenvalue weighted by Crippen LogP contribution is -2.30. The van der Waals surface area contributed by atoms with Crippen molar-refractivity contribution in [2.24, 2.45) is 0 Å². The van der Waals surface area contributed by atoms with Gasteiger partial charge < -0.3 is 9.32 Å². The van der Waals surface area contributed by atoms with Gasteiger partial charge in [0.05, 0.1) is 6.42 Å². The summed E-state index contributed by atoms with van der Waals surface area (Å²) in [5, 5.41) is 8.24. The van der Waals surface area contributed by atoms with Crippen molar-refractivity contribution < 1.29 is 13.6 Å². The molecule has 2 aliphatic rings. The minimum atomic E-state index is -0.247. The number of benzene rings is 1. The molecule has 1 aromatic carbocycles. The van der Waals surface area contributed by atoms with Gasteiger partial charge in [-0.3, -0.25) is 4.79 Å². The van der Waals surface area contributed by atoms with Gasteiger partial charge in [-0.2, -0.15) is 0 Å². The van der Waals surface area contributed by atoms with Crippen molar-refractivity contribution in [1.82, 2.24) is 15.1 Å². The number of hydrogen-bond acceptors (Lipinski definition) is 4. The summed E-state index contributed by atoms with van der Waals surface area (Å²) in [7, 11) is 0. The summed E-state index contributed by atoms with van der Waals surface area (Å²) < 4.78 is 20.5. The van der Waals surface area contributed by atoms with Gasteiger partial charge >= 0.3 is 0 Å². The van der Waals surface area contributed by atoms with Gasteiger partial charge in [0.25, 0.3) is 0 Å². The van der Waals surface area contributed by atoms with E-state index in [0.717, 1.165) is 28.5 Å². The molecule has 1 aromatic heterocycles. The summed E-state index contributed by atoms with van der Waals surface area (Å²) in [4.78, 5) is 14.5. The van der Waals surface area contributed by atoms with E-state index in [4.69, 9.17) is 4.42 Å². The van der Waals surface area contributed by atoms with E-state index in [1.165, 1.54) is 6.07 Å². The molecule has 1 amide bonds. The second-order valence-corrected chi connectivity index (χ2v) is 7.89. The highest BCUT2D eigenvalue weighted by atomic mass is 79.9. The average Bonchev–Trinajstić information content (AvgIpc) is 3.38. The SMILES string of the molecule is Cc1ccc(CN2CCC(Br)=C(c3nnc(C4CC4)o3)CC2=O)cc1F. The first-order valence-electron chi connectivity index (χ1n) is 8.75. The maximum Gasteiger partial charge on any atom is 0.245 e. The number of carbonyl (C=O) groups is 1. The van der Waals surface area contributed by atoms with Crippen LogP contribution in [0.2, 0.25) is 0 Å². The zero-order valence-electron chi connectivity index (χ0n) is 14.5. The molecule has 7 heteroatoms. The van der Waals surface area contributed by atoms with Crippen molar-refractivity contribution >= 4 is 27.4 Å². The van der Waals surface area contributed by atoms with Crippen LogP contribution in [-0.2, 0) is 11.3 Å². The minimum Gasteiger partial charge on any atom is -0.421 e. The lowest BCUT2D eigenvalue weighted by atomic mass is 10.1. The molecule has 1 saturated carbocycles. The number of halogens is 2. The number of rotatable bonds is 4. The van der Waals surface area contributed by atoms with Crippen molar-refractivity contribution in [3.63, 3.8) is 0 Å². The van der Waals surface area contributed by atoms with Gasteiger partial charge in [-0.1, -0.05) is 28.1 Å². The Morgan fingerprint density at radius 2 is 2.15 bits per heavy atom. The summed E-state index contributed by atoms with van der Waals surface area (Å²) in [5.41, 5.74) is 2.15. The maximum atomic E-state index is 13.8. The number of aromatic nitrogens is 2. The maximum absolute atomic E-state index is 13.8. The number of aryl methyl sites for hydroxylation is 1. The Hall–Kier alpha value is -2.02. The van der Waals surface area contributed by atoms with Crippen LogP contribution in [0.1, 0.15) is 54.5 Å². The molecule has 4 rings (SSSR count). The van der Waals surface area contributed by atoms with Gasteiger partial charge in [0.15, 0.2) is 0 Å². The summed E-state index contributed by atoms with van der Waals surface area (Å²) in [6, 6.07) is 5.10. The van der Waals surface area contributed by atoms with E-state index in [1.807, 2.05) is 6.07 Å². The lowest BCUT2D eigenvalue weighted by molar-refractivity contribution is -0.130. The molecule has 0 N–H and O–H groups in total. The van der Waals surface area contributed by atoms with Crippen LogP contribution in [0.5, 0.6) is 0 Å². The van der Waals surface area contributed by atoms with E-state index in [2.05, 4.69) is 26.1 Å². The van der Waals surface area contributed by atoms with Crippen LogP contribution in [0.3, 0.4) is 0 Å². The minimum absolute atomic E-state index is 0.0263. The van der Waals surface area contributed by atoms with Crippen molar-refractivity contribution in [2.75, 3.05) is 6.54 Å². The zero-order valence-corrected chi connectivity index (χ0v) is 16.1. The summed E-state index contributed by atoms with van der Waals surface area (Å²) in [6.45, 7) is 2.67. The Morgan fingerprint density at radius 1 is 1.35 bits per heavy atom. The molecule has 2 aromatic rings. The topological polar surface area (TPSA) is 59.2 Å². The van der Waals surface area contributed by atoms with Crippen LogP contribution in [0, 0.1) is 12.7 Å². The van der Waals surface area contributed by atoms with Gasteiger partial charge in [-0.15, -0.1) is 10.2 Å². The highest BCUT2D eigenvalue weighted by Crippen LogP contribution is 2.40. The molecular formula is C19H19BrFN3O2. The Balaban J connectivity index is 1.50. The zero-order chi connectivity index (χ0) is 18.3. The Kier molecular flexibility index (Phi) is 4.65. The highest BCUT2D eigenvalue weighted by molar-refractivity contribution is 9.11. The van der Waals surface area contributed by atoms with Gasteiger partial charge in [-0.25, -0.2) is 4.39 Å². The quantitative estimate of drug-likeness (QED) is 0.739. The number of hydrogen-bond donors (Lipinski definition) is 0. The molecule has 0 spiro atoms. The van der Waals surface area contributed by atoms with E-state index < -0.39 is 0 Å². The molecule has 1 aliphatic carbocycles. The van der Waals surface area contributed by atoms with Crippen LogP contribution in [0.4, 0.5) is 4.39 Å². The standard InChI is InChI=1S/C19H19BrFN3O2/c1-11-2-3-12(8-16(11)21)10-24-7-6-15(20)14(9-17(24)25)19-23-22-18(26-19)13-4-5-13/h2-3,8,13H,4-7,9-10H2,1H3. The van der Waals surface area contributed by atoms with E-state index in [1.54, 1.807) is 17.9 Å². The fourth-order valence-electron chi connectivity index (χ4n) is 3.03. The summed E-state index contributed by atoms with van der Waals surface area (Å²) in [6.07, 6.45) is 3.03. The van der Waals surface area contributed by atoms with Crippen molar-refractivity contribution in [3.8, 4) is 0 Å². The molecule has 1 fully saturated rings. The molecule has 5 nitrogen and oxygen atoms in total. The van der Waals surface area contributed by atoms with Gasteiger partial charge in [0.1, 0.15) is 5.82 Å². The largest absolute Gasteiger partial charge is 0.421 e. The average molecular weight is 420 g/mol. The van der Waals surface area contributed by atoms with E-state index in [0.29, 0.717) is 42.8 Å². The molecule has 0 bridgehead atoms. The number of amides is 1. The number of carbonyl (C=O) groups excluding carboxylic acids is 1. The third-order valence-electron chi connectivity index (χ3n) is 4.84. The second kappa shape index (κ2) is 6.95. The molecule has 0 atom stereocenters. The van der Waals surface area contributed by atoms with E-state index in [9.17, 15) is 9.18 Å². The van der Waals surface area contributed by atoms with Gasteiger partial charge in [0, 0.05) is 29.1 Å². The van der Waals surface area contributed by atoms with Gasteiger partial charge in [-0.05, 0) is 43.4 Å². The number of nitrogens with zero attached hydrogens (tertiary/aromatic N) is 3. The molecule has 136 valence electrons. The first-order valence-corrected chi connectivity index (χ1v) is 9.54. The summed E-state index contributed by atoms with van der Waals surface area (Å²) >= 11 is 3.58. The van der Waals surface area contributed by atoms with Crippen LogP contribution in [0.15, 0.2) is 27.1 Å². The molecule has 0 unspecified atom stereocenters. The van der Waals surface area contributed by atoms with Crippen LogP contribution < -0.4 is 0 Å². The molecule has 0 saturated heterocycles. The van der Waals surface area contributed by atoms with Crippen molar-refractivity contribution in [2.45, 2.75) is 45.1 Å². The predicted octanol–water partition coefficient (Wildman–Crippen LogP) is 4.32. The summed E-state index contributed by atoms with van der Waals surface area (Å²) in [5.74, 6) is 1.20. The first kappa shape index (κ1) is 17.4. The third-order valence-corrected chi connectivity index (χ3v) is 5.72. The molecule has 26 heavy (non-hydrogen) atoms. The molecule has 1 aliphatic heterocycles. The van der Waals surface area contributed by atoms with Crippen LogP contribution in [0.25, 0.3) is 5.57 Å². The van der Waals surface area contributed by atoms with E-state index >= 15 is 0 Å². The normalized spacial score (nSPS) is 18.4. The monoisotopic (exact) mass is 419 g/mol. The second-order valence-electron chi connectivity index (χ2n) is 6.93. The van der Waals surface area contributed by atoms with Crippen LogP contribution >= 0.6 is 15.9 Å². The molecule has 0 radical (unpaired) electrons. The Labute approximate surface area is 159 Å². The lowest BCUT2D eigenvalue weighted by Gasteiger charge is -2.21. The Bertz CT molecular complexity index is 889. The van der Waals surface area contributed by atoms with Crippen molar-refractivity contribution in [1.29, 1.82) is 0 Å². The third kappa shape index (κ3) is 3.58. The van der Waals surface area contributed by atoms with Crippen LogP contribution in [-0.4, -0.2) is 27.5 Å². The molecule has 2 heterocycles. The fraction of sp³-hybridized carbons (Fsp3) is 0.421. The Morgan fingerprint density at radius 3 is 2.88 bits per heavy atom.